The van der Waals surface area contributed by atoms with Gasteiger partial charge in [0, 0.05) is 39.1 Å². The number of nitrogens with zero attached hydrogens (tertiary/aromatic N) is 2. The minimum atomic E-state index is -0.183. The molecule has 0 bridgehead atoms. The fourth-order valence-electron chi connectivity index (χ4n) is 2.73. The van der Waals surface area contributed by atoms with Gasteiger partial charge in [-0.15, -0.1) is 13.1 Å². The summed E-state index contributed by atoms with van der Waals surface area (Å²) >= 11 is -0.106. The molecule has 2 saturated heterocycles. The van der Waals surface area contributed by atoms with E-state index in [4.69, 9.17) is 38.0 Å². The van der Waals surface area contributed by atoms with Crippen molar-refractivity contribution >= 4 is 19.1 Å². The van der Waals surface area contributed by atoms with E-state index in [1.165, 1.54) is 0 Å². The van der Waals surface area contributed by atoms with Crippen molar-refractivity contribution in [1.29, 1.82) is 0 Å². The SMILES string of the molecule is CCOC1[N-]CC(C)C(OCC)N1.CCOC1[N-]CC(C)C(OCC)N1.[Cl][Pd][Cl]. The zero-order valence-electron chi connectivity index (χ0n) is 18.3. The zero-order valence-corrected chi connectivity index (χ0v) is 21.4. The number of hydrogen-bond donors (Lipinski definition) is 2. The first-order chi connectivity index (χ1) is 14.0. The summed E-state index contributed by atoms with van der Waals surface area (Å²) in [5, 5.41) is 15.0. The van der Waals surface area contributed by atoms with Crippen molar-refractivity contribution in [3.05, 3.63) is 10.6 Å². The number of nitrogens with one attached hydrogen (secondary N) is 2. The van der Waals surface area contributed by atoms with Crippen LogP contribution in [0.1, 0.15) is 41.5 Å². The molecule has 180 valence electrons. The average molecular weight is 552 g/mol. The van der Waals surface area contributed by atoms with E-state index in [1.54, 1.807) is 0 Å². The molecule has 8 nitrogen and oxygen atoms in total. The molecule has 29 heavy (non-hydrogen) atoms. The predicted molar refractivity (Wildman–Crippen MR) is 114 cm³/mol. The molecule has 2 fully saturated rings. The summed E-state index contributed by atoms with van der Waals surface area (Å²) in [5.41, 5.74) is 0. The third-order valence-corrected chi connectivity index (χ3v) is 4.11. The predicted octanol–water partition coefficient (Wildman–Crippen LogP) is 3.94. The van der Waals surface area contributed by atoms with Gasteiger partial charge in [0.25, 0.3) is 0 Å². The van der Waals surface area contributed by atoms with Gasteiger partial charge in [0.05, 0.1) is 0 Å². The van der Waals surface area contributed by atoms with Crippen LogP contribution in [0.4, 0.5) is 0 Å². The molecule has 6 atom stereocenters. The Kier molecular flexibility index (Phi) is 20.2. The van der Waals surface area contributed by atoms with E-state index in [-0.39, 0.29) is 41.1 Å². The van der Waals surface area contributed by atoms with Crippen LogP contribution in [0.5, 0.6) is 0 Å². The van der Waals surface area contributed by atoms with Gasteiger partial charge in [0.1, 0.15) is 12.5 Å². The topological polar surface area (TPSA) is 89.2 Å². The van der Waals surface area contributed by atoms with Crippen molar-refractivity contribution in [2.24, 2.45) is 11.8 Å². The fraction of sp³-hybridized carbons (Fsp3) is 1.00. The van der Waals surface area contributed by atoms with Crippen LogP contribution in [0, 0.1) is 11.8 Å². The van der Waals surface area contributed by atoms with Crippen molar-refractivity contribution in [2.45, 2.75) is 66.7 Å². The molecule has 6 unspecified atom stereocenters. The van der Waals surface area contributed by atoms with Gasteiger partial charge in [-0.3, -0.25) is 10.6 Å². The molecule has 0 radical (unpaired) electrons. The van der Waals surface area contributed by atoms with Gasteiger partial charge in [0.2, 0.25) is 0 Å². The van der Waals surface area contributed by atoms with Crippen LogP contribution in [0.3, 0.4) is 0 Å². The van der Waals surface area contributed by atoms with E-state index >= 15 is 0 Å². The Hall–Kier alpha value is 0.922. The quantitative estimate of drug-likeness (QED) is 0.444. The fourth-order valence-corrected chi connectivity index (χ4v) is 2.73. The summed E-state index contributed by atoms with van der Waals surface area (Å²) in [5.74, 6) is 0.855. The van der Waals surface area contributed by atoms with Crippen molar-refractivity contribution in [1.82, 2.24) is 10.6 Å². The van der Waals surface area contributed by atoms with E-state index < -0.39 is 0 Å². The van der Waals surface area contributed by atoms with Crippen molar-refractivity contribution in [2.75, 3.05) is 39.5 Å². The number of rotatable bonds is 8. The Morgan fingerprint density at radius 2 is 1.03 bits per heavy atom. The third kappa shape index (κ3) is 13.8. The van der Waals surface area contributed by atoms with E-state index in [9.17, 15) is 0 Å². The maximum atomic E-state index is 5.52. The van der Waals surface area contributed by atoms with Gasteiger partial charge < -0.3 is 29.6 Å². The van der Waals surface area contributed by atoms with Gasteiger partial charge in [-0.1, -0.05) is 13.8 Å². The Morgan fingerprint density at radius 3 is 1.31 bits per heavy atom. The first-order valence-corrected chi connectivity index (χ1v) is 14.1. The number of hydrogen-bond acceptors (Lipinski definition) is 6. The zero-order chi connectivity index (χ0) is 22.1. The molecular formula is C18H38Cl2N4O4Pd-2. The van der Waals surface area contributed by atoms with Crippen molar-refractivity contribution in [3.8, 4) is 0 Å². The van der Waals surface area contributed by atoms with Gasteiger partial charge in [-0.05, 0) is 39.5 Å². The average Bonchev–Trinajstić information content (AvgIpc) is 2.69. The molecule has 0 spiro atoms. The summed E-state index contributed by atoms with van der Waals surface area (Å²) < 4.78 is 21.7. The Labute approximate surface area is 192 Å². The van der Waals surface area contributed by atoms with Crippen LogP contribution < -0.4 is 10.6 Å². The molecule has 11 heteroatoms. The summed E-state index contributed by atoms with van der Waals surface area (Å²) in [4.78, 5) is 0. The van der Waals surface area contributed by atoms with Crippen molar-refractivity contribution in [3.63, 3.8) is 0 Å². The number of halogens is 2. The summed E-state index contributed by atoms with van der Waals surface area (Å²) in [6.45, 7) is 16.6. The second-order valence-electron chi connectivity index (χ2n) is 6.43. The standard InChI is InChI=1S/2C9H19N2O2.2ClH.Pd/c2*1-4-12-8-7(3)6-10-9(11-8)13-5-2;;;/h2*7-9,11H,4-6H2,1-3H3;2*1H;/q2*-1;;;+2/p-2. The molecule has 0 aromatic heterocycles. The molecular weight excluding hydrogens is 514 g/mol. The van der Waals surface area contributed by atoms with Crippen LogP contribution in [0.25, 0.3) is 10.6 Å². The van der Waals surface area contributed by atoms with Gasteiger partial charge in [-0.2, -0.15) is 0 Å². The second-order valence-corrected chi connectivity index (χ2v) is 8.79. The molecule has 0 aromatic rings. The third-order valence-electron chi connectivity index (χ3n) is 4.11. The van der Waals surface area contributed by atoms with Crippen LogP contribution in [-0.4, -0.2) is 64.7 Å². The van der Waals surface area contributed by atoms with E-state index in [0.717, 1.165) is 26.3 Å². The summed E-state index contributed by atoms with van der Waals surface area (Å²) in [6.07, 6.45) is -0.200. The van der Waals surface area contributed by atoms with Crippen molar-refractivity contribution < 1.29 is 34.9 Å². The Bertz CT molecular complexity index is 349. The van der Waals surface area contributed by atoms with E-state index in [0.29, 0.717) is 25.0 Å². The molecule has 2 N–H and O–H groups in total. The monoisotopic (exact) mass is 550 g/mol. The molecule has 2 aliphatic rings. The Balaban J connectivity index is 0.000000477. The van der Waals surface area contributed by atoms with E-state index in [1.807, 2.05) is 27.7 Å². The molecule has 0 saturated carbocycles. The van der Waals surface area contributed by atoms with Crippen LogP contribution in [0.2, 0.25) is 0 Å². The van der Waals surface area contributed by atoms with E-state index in [2.05, 4.69) is 35.1 Å². The van der Waals surface area contributed by atoms with Gasteiger partial charge >= 0.3 is 35.0 Å². The van der Waals surface area contributed by atoms with Crippen LogP contribution in [0.15, 0.2) is 0 Å². The molecule has 2 aliphatic heterocycles. The second kappa shape index (κ2) is 19.6. The minimum absolute atomic E-state index is 0.0825. The van der Waals surface area contributed by atoms with Crippen LogP contribution in [-0.2, 0) is 34.9 Å². The molecule has 0 aromatic carbocycles. The summed E-state index contributed by atoms with van der Waals surface area (Å²) in [6, 6.07) is 0. The first kappa shape index (κ1) is 29.9. The maximum absolute atomic E-state index is 5.52. The first-order valence-electron chi connectivity index (χ1n) is 10.1. The van der Waals surface area contributed by atoms with Gasteiger partial charge in [-0.25, -0.2) is 0 Å². The number of ether oxygens (including phenoxy) is 4. The molecule has 2 heterocycles. The summed E-state index contributed by atoms with van der Waals surface area (Å²) in [7, 11) is 9.63. The van der Waals surface area contributed by atoms with Crippen LogP contribution >= 0.6 is 19.1 Å². The molecule has 2 rings (SSSR count). The Morgan fingerprint density at radius 1 is 0.724 bits per heavy atom. The van der Waals surface area contributed by atoms with Gasteiger partial charge in [0.15, 0.2) is 0 Å². The molecule has 0 amide bonds. The normalized spacial score (nSPS) is 32.0. The molecule has 0 aliphatic carbocycles.